The summed E-state index contributed by atoms with van der Waals surface area (Å²) < 4.78 is 0. The van der Waals surface area contributed by atoms with Crippen molar-refractivity contribution in [3.8, 4) is 0 Å². The highest BCUT2D eigenvalue weighted by atomic mass is 35.5. The van der Waals surface area contributed by atoms with Crippen LogP contribution in [0.15, 0.2) is 12.7 Å². The van der Waals surface area contributed by atoms with E-state index in [-0.39, 0.29) is 25.5 Å². The Morgan fingerprint density at radius 3 is 2.47 bits per heavy atom. The number of carbonyl (C=O) groups excluding carboxylic acids is 2. The zero-order chi connectivity index (χ0) is 14.0. The van der Waals surface area contributed by atoms with Gasteiger partial charge in [-0.2, -0.15) is 0 Å². The molecule has 0 bridgehead atoms. The lowest BCUT2D eigenvalue weighted by Gasteiger charge is -2.12. The molecule has 0 aliphatic heterocycles. The molecule has 3 amide bonds. The van der Waals surface area contributed by atoms with Crippen LogP contribution in [0, 0.1) is 0 Å². The number of carboxylic acids is 1. The number of urea groups is 1. The zero-order valence-electron chi connectivity index (χ0n) is 10.8. The normalized spacial score (nSPS) is 10.8. The second kappa shape index (κ2) is 11.5. The maximum absolute atomic E-state index is 11.3. The minimum absolute atomic E-state index is 0. The molecule has 0 aromatic heterocycles. The first-order chi connectivity index (χ1) is 8.51. The lowest BCUT2D eigenvalue weighted by atomic mass is 10.2. The lowest BCUT2D eigenvalue weighted by Crippen LogP contribution is -2.47. The van der Waals surface area contributed by atoms with Crippen LogP contribution >= 0.6 is 12.4 Å². The number of nitrogens with one attached hydrogen (secondary N) is 3. The minimum Gasteiger partial charge on any atom is -0.480 e. The maximum Gasteiger partial charge on any atom is 0.321 e. The lowest BCUT2D eigenvalue weighted by molar-refractivity contribution is -0.139. The van der Waals surface area contributed by atoms with Crippen LogP contribution in [-0.4, -0.2) is 42.1 Å². The van der Waals surface area contributed by atoms with Crippen LogP contribution < -0.4 is 16.0 Å². The molecule has 0 aliphatic rings. The van der Waals surface area contributed by atoms with Gasteiger partial charge in [-0.05, 0) is 6.42 Å². The number of hydrogen-bond acceptors (Lipinski definition) is 4. The molecule has 0 rings (SSSR count). The van der Waals surface area contributed by atoms with Crippen LogP contribution in [0.4, 0.5) is 4.79 Å². The summed E-state index contributed by atoms with van der Waals surface area (Å²) in [5, 5.41) is 15.8. The van der Waals surface area contributed by atoms with Gasteiger partial charge in [0.2, 0.25) is 5.91 Å². The molecule has 1 atom stereocenters. The first kappa shape index (κ1) is 19.7. The van der Waals surface area contributed by atoms with E-state index >= 15 is 0 Å². The van der Waals surface area contributed by atoms with E-state index in [0.717, 1.165) is 0 Å². The molecule has 8 heteroatoms. The summed E-state index contributed by atoms with van der Waals surface area (Å²) in [7, 11) is 0. The van der Waals surface area contributed by atoms with Crippen molar-refractivity contribution in [2.45, 2.75) is 25.8 Å². The van der Waals surface area contributed by atoms with Crippen LogP contribution in [0.25, 0.3) is 0 Å². The third-order valence-electron chi connectivity index (χ3n) is 2.04. The standard InChI is InChI=1S/C11H19N3O4.ClH/c1-3-5-8(10(16)17)13-7-9(15)14-11(18)12-6-4-2;/h4,8,13H,2-3,5-7H2,1H3,(H,16,17)(H2,12,14,15,18);1H. The molecular weight excluding hydrogens is 274 g/mol. The summed E-state index contributed by atoms with van der Waals surface area (Å²) >= 11 is 0. The average Bonchev–Trinajstić information content (AvgIpc) is 2.31. The second-order valence-corrected chi connectivity index (χ2v) is 3.61. The average molecular weight is 294 g/mol. The van der Waals surface area contributed by atoms with E-state index in [9.17, 15) is 14.4 Å². The molecule has 19 heavy (non-hydrogen) atoms. The Labute approximate surface area is 118 Å². The number of hydrogen-bond donors (Lipinski definition) is 4. The Bertz CT molecular complexity index is 323. The molecule has 110 valence electrons. The smallest absolute Gasteiger partial charge is 0.321 e. The number of carboxylic acid groups (broad SMARTS) is 1. The number of rotatable bonds is 8. The summed E-state index contributed by atoms with van der Waals surface area (Å²) in [5.41, 5.74) is 0. The first-order valence-corrected chi connectivity index (χ1v) is 5.66. The van der Waals surface area contributed by atoms with Gasteiger partial charge in [-0.15, -0.1) is 19.0 Å². The van der Waals surface area contributed by atoms with Crippen LogP contribution in [0.5, 0.6) is 0 Å². The molecule has 0 radical (unpaired) electrons. The van der Waals surface area contributed by atoms with E-state index in [1.165, 1.54) is 6.08 Å². The molecule has 0 aromatic carbocycles. The van der Waals surface area contributed by atoms with Gasteiger partial charge in [-0.1, -0.05) is 19.4 Å². The number of halogens is 1. The zero-order valence-corrected chi connectivity index (χ0v) is 11.6. The molecule has 0 aromatic rings. The number of aliphatic carboxylic acids is 1. The van der Waals surface area contributed by atoms with Gasteiger partial charge < -0.3 is 10.4 Å². The molecular formula is C11H20ClN3O4. The van der Waals surface area contributed by atoms with Crippen molar-refractivity contribution in [2.24, 2.45) is 0 Å². The Balaban J connectivity index is 0. The van der Waals surface area contributed by atoms with Crippen molar-refractivity contribution in [1.82, 2.24) is 16.0 Å². The van der Waals surface area contributed by atoms with Crippen LogP contribution in [0.3, 0.4) is 0 Å². The van der Waals surface area contributed by atoms with E-state index in [1.54, 1.807) is 0 Å². The monoisotopic (exact) mass is 293 g/mol. The van der Waals surface area contributed by atoms with Gasteiger partial charge in [0.05, 0.1) is 6.54 Å². The molecule has 0 fully saturated rings. The Morgan fingerprint density at radius 2 is 2.00 bits per heavy atom. The molecule has 7 nitrogen and oxygen atoms in total. The second-order valence-electron chi connectivity index (χ2n) is 3.61. The maximum atomic E-state index is 11.3. The van der Waals surface area contributed by atoms with Gasteiger partial charge in [0, 0.05) is 6.54 Å². The number of imide groups is 1. The quantitative estimate of drug-likeness (QED) is 0.480. The Morgan fingerprint density at radius 1 is 1.37 bits per heavy atom. The third kappa shape index (κ3) is 10.0. The van der Waals surface area contributed by atoms with Gasteiger partial charge in [-0.25, -0.2) is 4.79 Å². The number of carbonyl (C=O) groups is 3. The number of amides is 3. The largest absolute Gasteiger partial charge is 0.480 e. The SMILES string of the molecule is C=CCNC(=O)NC(=O)CNC(CCC)C(=O)O.Cl. The Kier molecular flexibility index (Phi) is 11.9. The minimum atomic E-state index is -1.01. The van der Waals surface area contributed by atoms with Gasteiger partial charge in [0.25, 0.3) is 0 Å². The van der Waals surface area contributed by atoms with Gasteiger partial charge in [0.15, 0.2) is 0 Å². The van der Waals surface area contributed by atoms with E-state index < -0.39 is 23.9 Å². The fraction of sp³-hybridized carbons (Fsp3) is 0.545. The van der Waals surface area contributed by atoms with E-state index in [4.69, 9.17) is 5.11 Å². The van der Waals surface area contributed by atoms with Crippen LogP contribution in [0.1, 0.15) is 19.8 Å². The van der Waals surface area contributed by atoms with Crippen molar-refractivity contribution < 1.29 is 19.5 Å². The summed E-state index contributed by atoms with van der Waals surface area (Å²) in [4.78, 5) is 33.2. The highest BCUT2D eigenvalue weighted by Gasteiger charge is 2.17. The van der Waals surface area contributed by atoms with E-state index in [2.05, 4.69) is 22.5 Å². The predicted molar refractivity (Wildman–Crippen MR) is 73.3 cm³/mol. The molecule has 4 N–H and O–H groups in total. The fourth-order valence-corrected chi connectivity index (χ4v) is 1.20. The summed E-state index contributed by atoms with van der Waals surface area (Å²) in [6.07, 6.45) is 2.58. The van der Waals surface area contributed by atoms with Gasteiger partial charge >= 0.3 is 12.0 Å². The molecule has 0 spiro atoms. The molecule has 0 saturated heterocycles. The predicted octanol–water partition coefficient (Wildman–Crippen LogP) is 0.263. The summed E-state index contributed by atoms with van der Waals surface area (Å²) in [6, 6.07) is -1.42. The van der Waals surface area contributed by atoms with Crippen molar-refractivity contribution in [2.75, 3.05) is 13.1 Å². The Hall–Kier alpha value is -1.60. The van der Waals surface area contributed by atoms with Crippen LogP contribution in [0.2, 0.25) is 0 Å². The van der Waals surface area contributed by atoms with Crippen molar-refractivity contribution in [3.63, 3.8) is 0 Å². The summed E-state index contributed by atoms with van der Waals surface area (Å²) in [5.74, 6) is -1.60. The van der Waals surface area contributed by atoms with Crippen molar-refractivity contribution in [3.05, 3.63) is 12.7 Å². The topological polar surface area (TPSA) is 108 Å². The van der Waals surface area contributed by atoms with Crippen molar-refractivity contribution >= 4 is 30.3 Å². The van der Waals surface area contributed by atoms with Gasteiger partial charge in [-0.3, -0.25) is 20.2 Å². The molecule has 0 heterocycles. The first-order valence-electron chi connectivity index (χ1n) is 5.66. The van der Waals surface area contributed by atoms with Gasteiger partial charge in [0.1, 0.15) is 6.04 Å². The highest BCUT2D eigenvalue weighted by molar-refractivity contribution is 5.95. The van der Waals surface area contributed by atoms with Crippen LogP contribution in [-0.2, 0) is 9.59 Å². The highest BCUT2D eigenvalue weighted by Crippen LogP contribution is 1.95. The molecule has 0 saturated carbocycles. The molecule has 0 aliphatic carbocycles. The summed E-state index contributed by atoms with van der Waals surface area (Å²) in [6.45, 7) is 5.28. The van der Waals surface area contributed by atoms with E-state index in [0.29, 0.717) is 12.8 Å². The van der Waals surface area contributed by atoms with E-state index in [1.807, 2.05) is 6.92 Å². The molecule has 1 unspecified atom stereocenters. The van der Waals surface area contributed by atoms with Crippen molar-refractivity contribution in [1.29, 1.82) is 0 Å². The third-order valence-corrected chi connectivity index (χ3v) is 2.04. The fourth-order valence-electron chi connectivity index (χ4n) is 1.20.